The van der Waals surface area contributed by atoms with Crippen molar-refractivity contribution in [3.8, 4) is 5.82 Å². The van der Waals surface area contributed by atoms with Crippen LogP contribution in [0.5, 0.6) is 0 Å². The van der Waals surface area contributed by atoms with Crippen LogP contribution in [0.3, 0.4) is 0 Å². The summed E-state index contributed by atoms with van der Waals surface area (Å²) in [5, 5.41) is 2.10. The summed E-state index contributed by atoms with van der Waals surface area (Å²) in [5.41, 5.74) is -1.11. The van der Waals surface area contributed by atoms with Gasteiger partial charge in [0, 0.05) is 0 Å². The fourth-order valence-corrected chi connectivity index (χ4v) is 3.06. The van der Waals surface area contributed by atoms with Crippen molar-refractivity contribution in [2.75, 3.05) is 12.4 Å². The maximum atomic E-state index is 13.7. The highest BCUT2D eigenvalue weighted by Gasteiger charge is 2.38. The average Bonchev–Trinajstić information content (AvgIpc) is 3.18. The molecule has 1 aromatic carbocycles. The van der Waals surface area contributed by atoms with Crippen LogP contribution in [0.15, 0.2) is 43.0 Å². The maximum Gasteiger partial charge on any atom is 0.450 e. The molecule has 3 aromatic heterocycles. The van der Waals surface area contributed by atoms with E-state index < -0.39 is 41.1 Å². The third-order valence-corrected chi connectivity index (χ3v) is 4.52. The number of hydrogen-bond acceptors (Lipinski definition) is 7. The fraction of sp³-hybridized carbons (Fsp3) is 0.100. The van der Waals surface area contributed by atoms with Gasteiger partial charge in [0.1, 0.15) is 5.56 Å². The van der Waals surface area contributed by atoms with Crippen molar-refractivity contribution in [1.29, 1.82) is 0 Å². The van der Waals surface area contributed by atoms with Crippen LogP contribution >= 0.6 is 0 Å². The van der Waals surface area contributed by atoms with E-state index in [0.29, 0.717) is 17.0 Å². The molecule has 0 unspecified atom stereocenters. The molecule has 0 radical (unpaired) electrons. The van der Waals surface area contributed by atoms with Crippen molar-refractivity contribution in [2.24, 2.45) is 0 Å². The van der Waals surface area contributed by atoms with E-state index in [-0.39, 0.29) is 28.2 Å². The molecule has 0 fully saturated rings. The van der Waals surface area contributed by atoms with Gasteiger partial charge < -0.3 is 10.1 Å². The number of esters is 1. The number of methoxy groups -OCH3 is 1. The lowest BCUT2D eigenvalue weighted by Gasteiger charge is -2.11. The first kappa shape index (κ1) is 22.7. The predicted octanol–water partition coefficient (Wildman–Crippen LogP) is 3.55. The van der Waals surface area contributed by atoms with Crippen molar-refractivity contribution in [2.45, 2.75) is 6.18 Å². The number of aromatic nitrogens is 5. The van der Waals surface area contributed by atoms with Crippen molar-refractivity contribution < 1.29 is 36.3 Å². The second-order valence-corrected chi connectivity index (χ2v) is 6.66. The van der Waals surface area contributed by atoms with Gasteiger partial charge in [0.15, 0.2) is 23.3 Å². The van der Waals surface area contributed by atoms with Gasteiger partial charge in [-0.2, -0.15) is 13.2 Å². The van der Waals surface area contributed by atoms with Crippen LogP contribution in [-0.4, -0.2) is 43.5 Å². The first-order valence-corrected chi connectivity index (χ1v) is 9.21. The molecule has 0 saturated heterocycles. The van der Waals surface area contributed by atoms with Gasteiger partial charge in [-0.3, -0.25) is 14.3 Å². The molecule has 0 saturated carbocycles. The number of fused-ring (bicyclic) bond motifs is 1. The number of benzene rings is 1. The van der Waals surface area contributed by atoms with Crippen LogP contribution < -0.4 is 5.32 Å². The Morgan fingerprint density at radius 2 is 1.74 bits per heavy atom. The molecule has 1 amide bonds. The van der Waals surface area contributed by atoms with Crippen LogP contribution in [-0.2, 0) is 10.9 Å². The Hall–Kier alpha value is -4.49. The highest BCUT2D eigenvalue weighted by Crippen LogP contribution is 2.33. The average molecular weight is 478 g/mol. The highest BCUT2D eigenvalue weighted by molar-refractivity contribution is 6.04. The largest absolute Gasteiger partial charge is 0.465 e. The molecule has 14 heteroatoms. The summed E-state index contributed by atoms with van der Waals surface area (Å²) < 4.78 is 73.6. The summed E-state index contributed by atoms with van der Waals surface area (Å²) in [6, 6.07) is 3.62. The lowest BCUT2D eigenvalue weighted by Crippen LogP contribution is -2.18. The van der Waals surface area contributed by atoms with E-state index >= 15 is 0 Å². The lowest BCUT2D eigenvalue weighted by molar-refractivity contribution is -0.145. The number of alkyl halides is 3. The quantitative estimate of drug-likeness (QED) is 0.353. The Labute approximate surface area is 186 Å². The number of imidazole rings is 1. The van der Waals surface area contributed by atoms with E-state index in [1.165, 1.54) is 12.1 Å². The van der Waals surface area contributed by atoms with Gasteiger partial charge in [0.25, 0.3) is 5.91 Å². The van der Waals surface area contributed by atoms with Crippen LogP contribution in [0.4, 0.5) is 27.8 Å². The van der Waals surface area contributed by atoms with Crippen LogP contribution in [0.25, 0.3) is 16.9 Å². The first-order chi connectivity index (χ1) is 16.1. The Balaban J connectivity index is 1.72. The van der Waals surface area contributed by atoms with Crippen molar-refractivity contribution >= 4 is 28.7 Å². The SMILES string of the molecule is COC(=O)c1ccc2c(c1)nc(C(F)(F)F)n2-c1cnc(NC(=O)c2c(F)cncc2F)cn1. The lowest BCUT2D eigenvalue weighted by atomic mass is 10.2. The summed E-state index contributed by atoms with van der Waals surface area (Å²) in [6.45, 7) is 0. The van der Waals surface area contributed by atoms with Gasteiger partial charge in [0.05, 0.1) is 48.5 Å². The first-order valence-electron chi connectivity index (χ1n) is 9.21. The molecule has 0 atom stereocenters. The standard InChI is InChI=1S/C20H11F5N6O3/c1-34-18(33)9-2-3-13-12(4-9)29-19(20(23,24)25)31(13)15-8-27-14(7-28-15)30-17(32)16-10(21)5-26-6-11(16)22/h2-8H,1H3,(H,27,30,32). The second-order valence-electron chi connectivity index (χ2n) is 6.66. The zero-order chi connectivity index (χ0) is 24.6. The number of amides is 1. The van der Waals surface area contributed by atoms with E-state index in [1.807, 2.05) is 0 Å². The van der Waals surface area contributed by atoms with E-state index in [0.717, 1.165) is 25.6 Å². The van der Waals surface area contributed by atoms with E-state index in [1.54, 1.807) is 0 Å². The third-order valence-electron chi connectivity index (χ3n) is 4.52. The molecule has 0 aliphatic rings. The number of carbonyl (C=O) groups is 2. The molecule has 4 rings (SSSR count). The molecule has 34 heavy (non-hydrogen) atoms. The van der Waals surface area contributed by atoms with Gasteiger partial charge in [-0.1, -0.05) is 0 Å². The van der Waals surface area contributed by atoms with E-state index in [4.69, 9.17) is 0 Å². The summed E-state index contributed by atoms with van der Waals surface area (Å²) in [7, 11) is 1.12. The molecule has 0 spiro atoms. The number of rotatable bonds is 4. The second kappa shape index (κ2) is 8.46. The third kappa shape index (κ3) is 4.12. The van der Waals surface area contributed by atoms with Gasteiger partial charge >= 0.3 is 12.1 Å². The van der Waals surface area contributed by atoms with Gasteiger partial charge in [-0.15, -0.1) is 0 Å². The Kier molecular flexibility index (Phi) is 5.65. The molecule has 1 N–H and O–H groups in total. The molecule has 3 heterocycles. The fourth-order valence-electron chi connectivity index (χ4n) is 3.06. The number of hydrogen-bond donors (Lipinski definition) is 1. The molecule has 0 aliphatic heterocycles. The number of nitrogens with one attached hydrogen (secondary N) is 1. The summed E-state index contributed by atoms with van der Waals surface area (Å²) >= 11 is 0. The van der Waals surface area contributed by atoms with E-state index in [9.17, 15) is 31.5 Å². The smallest absolute Gasteiger partial charge is 0.450 e. The van der Waals surface area contributed by atoms with Gasteiger partial charge in [-0.25, -0.2) is 28.5 Å². The van der Waals surface area contributed by atoms with Gasteiger partial charge in [-0.05, 0) is 18.2 Å². The molecule has 174 valence electrons. The minimum Gasteiger partial charge on any atom is -0.465 e. The molecule has 0 aliphatic carbocycles. The molecule has 4 aromatic rings. The predicted molar refractivity (Wildman–Crippen MR) is 105 cm³/mol. The molecular formula is C20H11F5N6O3. The maximum absolute atomic E-state index is 13.7. The normalized spacial score (nSPS) is 11.5. The number of carbonyl (C=O) groups excluding carboxylic acids is 2. The topological polar surface area (TPSA) is 112 Å². The van der Waals surface area contributed by atoms with Crippen molar-refractivity contribution in [3.05, 3.63) is 71.6 Å². The monoisotopic (exact) mass is 478 g/mol. The Morgan fingerprint density at radius 1 is 1.03 bits per heavy atom. The Morgan fingerprint density at radius 3 is 2.32 bits per heavy atom. The molecular weight excluding hydrogens is 467 g/mol. The van der Waals surface area contributed by atoms with E-state index in [2.05, 4.69) is 30.0 Å². The van der Waals surface area contributed by atoms with Crippen molar-refractivity contribution in [1.82, 2.24) is 24.5 Å². The summed E-state index contributed by atoms with van der Waals surface area (Å²) in [4.78, 5) is 38.4. The number of pyridine rings is 1. The zero-order valence-corrected chi connectivity index (χ0v) is 16.9. The Bertz CT molecular complexity index is 1400. The summed E-state index contributed by atoms with van der Waals surface area (Å²) in [6.07, 6.45) is -1.81. The number of halogens is 5. The number of ether oxygens (including phenoxy) is 1. The van der Waals surface area contributed by atoms with Crippen LogP contribution in [0, 0.1) is 11.6 Å². The highest BCUT2D eigenvalue weighted by atomic mass is 19.4. The zero-order valence-electron chi connectivity index (χ0n) is 16.9. The van der Waals surface area contributed by atoms with Gasteiger partial charge in [0.2, 0.25) is 5.82 Å². The number of nitrogens with zero attached hydrogens (tertiary/aromatic N) is 5. The minimum atomic E-state index is -4.89. The number of anilines is 1. The molecule has 0 bridgehead atoms. The molecule has 9 nitrogen and oxygen atoms in total. The van der Waals surface area contributed by atoms with Crippen LogP contribution in [0.1, 0.15) is 26.5 Å². The van der Waals surface area contributed by atoms with Crippen molar-refractivity contribution in [3.63, 3.8) is 0 Å². The summed E-state index contributed by atoms with van der Waals surface area (Å²) in [5.74, 6) is -6.32. The minimum absolute atomic E-state index is 0.00639. The van der Waals surface area contributed by atoms with Crippen LogP contribution in [0.2, 0.25) is 0 Å².